The molecule has 34 heavy (non-hydrogen) atoms. The van der Waals surface area contributed by atoms with Gasteiger partial charge in [-0.3, -0.25) is 14.4 Å². The van der Waals surface area contributed by atoms with Gasteiger partial charge in [0.05, 0.1) is 29.2 Å². The molecule has 186 valence electrons. The highest BCUT2D eigenvalue weighted by Crippen LogP contribution is 2.68. The van der Waals surface area contributed by atoms with Crippen LogP contribution in [0.5, 0.6) is 0 Å². The lowest BCUT2D eigenvalue weighted by atomic mass is 9.70. The van der Waals surface area contributed by atoms with E-state index in [2.05, 4.69) is 26.6 Å². The van der Waals surface area contributed by atoms with Crippen molar-refractivity contribution in [2.24, 2.45) is 11.8 Å². The van der Waals surface area contributed by atoms with Crippen LogP contribution < -0.4 is 10.6 Å². The standard InChI is InChI=1S/C25H34BrN3O4S/c1-4-10-27-22(31)18-19-24(33)29(16(13-30)11-15-8-6-5-7-9-15)21(23(32)28-14(2)3)25(19)12-17(26)20(18)34-25/h5-9,14,16-21,30H,4,10-13H2,1-3H3,(H,27,31)(H,28,32)/t16-,17?,18+,19+,20+,21?,25?/m1/s1. The minimum atomic E-state index is -0.743. The van der Waals surface area contributed by atoms with Crippen molar-refractivity contribution in [3.8, 4) is 0 Å². The molecule has 1 aromatic rings. The van der Waals surface area contributed by atoms with Crippen molar-refractivity contribution >= 4 is 45.4 Å². The third-order valence-corrected chi connectivity index (χ3v) is 10.4. The third kappa shape index (κ3) is 4.28. The van der Waals surface area contributed by atoms with Crippen molar-refractivity contribution in [2.45, 2.75) is 73.0 Å². The van der Waals surface area contributed by atoms with Crippen LogP contribution in [0.15, 0.2) is 30.3 Å². The van der Waals surface area contributed by atoms with Gasteiger partial charge in [0, 0.05) is 22.7 Å². The van der Waals surface area contributed by atoms with E-state index in [0.29, 0.717) is 19.4 Å². The minimum Gasteiger partial charge on any atom is -0.394 e. The highest BCUT2D eigenvalue weighted by molar-refractivity contribution is 9.09. The molecule has 0 aliphatic carbocycles. The van der Waals surface area contributed by atoms with Gasteiger partial charge in [-0.25, -0.2) is 0 Å². The van der Waals surface area contributed by atoms with Crippen LogP contribution in [0.3, 0.4) is 0 Å². The number of carbonyl (C=O) groups is 3. The van der Waals surface area contributed by atoms with Gasteiger partial charge in [0.1, 0.15) is 6.04 Å². The fourth-order valence-electron chi connectivity index (χ4n) is 5.93. The number of thioether (sulfide) groups is 1. The first kappa shape index (κ1) is 25.5. The van der Waals surface area contributed by atoms with Crippen LogP contribution in [0.1, 0.15) is 39.2 Å². The molecule has 2 bridgehead atoms. The molecule has 3 aliphatic heterocycles. The zero-order valence-electron chi connectivity index (χ0n) is 19.9. The first-order chi connectivity index (χ1) is 16.2. The monoisotopic (exact) mass is 551 g/mol. The van der Waals surface area contributed by atoms with E-state index in [0.717, 1.165) is 12.0 Å². The molecule has 3 N–H and O–H groups in total. The summed E-state index contributed by atoms with van der Waals surface area (Å²) in [6.07, 6.45) is 1.88. The highest BCUT2D eigenvalue weighted by Gasteiger charge is 2.76. The molecular weight excluding hydrogens is 518 g/mol. The maximum Gasteiger partial charge on any atom is 0.244 e. The number of alkyl halides is 1. The maximum absolute atomic E-state index is 14.1. The predicted molar refractivity (Wildman–Crippen MR) is 137 cm³/mol. The summed E-state index contributed by atoms with van der Waals surface area (Å²) in [5.41, 5.74) is 0.986. The summed E-state index contributed by atoms with van der Waals surface area (Å²) < 4.78 is -0.701. The van der Waals surface area contributed by atoms with E-state index in [1.54, 1.807) is 16.7 Å². The fourth-order valence-corrected chi connectivity index (χ4v) is 9.53. The lowest BCUT2D eigenvalue weighted by Gasteiger charge is -2.37. The Morgan fingerprint density at radius 3 is 2.59 bits per heavy atom. The Morgan fingerprint density at radius 1 is 1.26 bits per heavy atom. The van der Waals surface area contributed by atoms with Gasteiger partial charge >= 0.3 is 0 Å². The Balaban J connectivity index is 1.75. The van der Waals surface area contributed by atoms with Crippen molar-refractivity contribution in [1.82, 2.24) is 15.5 Å². The highest BCUT2D eigenvalue weighted by atomic mass is 79.9. The molecule has 7 nitrogen and oxygen atoms in total. The van der Waals surface area contributed by atoms with Gasteiger partial charge in [0.2, 0.25) is 17.7 Å². The second-order valence-electron chi connectivity index (χ2n) is 9.89. The van der Waals surface area contributed by atoms with Gasteiger partial charge in [-0.1, -0.05) is 53.2 Å². The molecule has 3 unspecified atom stereocenters. The van der Waals surface area contributed by atoms with Crippen LogP contribution in [0.25, 0.3) is 0 Å². The normalized spacial score (nSPS) is 32.7. The van der Waals surface area contributed by atoms with Crippen molar-refractivity contribution in [3.63, 3.8) is 0 Å². The molecule has 3 aliphatic rings. The second kappa shape index (κ2) is 10.2. The summed E-state index contributed by atoms with van der Waals surface area (Å²) in [5.74, 6) is -1.60. The van der Waals surface area contributed by atoms with Crippen LogP contribution in [0.2, 0.25) is 0 Å². The average Bonchev–Trinajstić information content (AvgIpc) is 3.39. The minimum absolute atomic E-state index is 0.0370. The summed E-state index contributed by atoms with van der Waals surface area (Å²) in [5, 5.41) is 16.3. The molecule has 3 heterocycles. The van der Waals surface area contributed by atoms with E-state index < -0.39 is 28.7 Å². The second-order valence-corrected chi connectivity index (χ2v) is 12.6. The number of benzene rings is 1. The van der Waals surface area contributed by atoms with Crippen molar-refractivity contribution in [3.05, 3.63) is 35.9 Å². The predicted octanol–water partition coefficient (Wildman–Crippen LogP) is 2.11. The SMILES string of the molecule is CCCNC(=O)[C@H]1[C@H]2C(=O)N([C@@H](CO)Cc3ccccc3)C(C(=O)NC(C)C)C23CC(Br)[C@@H]1S3. The van der Waals surface area contributed by atoms with Crippen molar-refractivity contribution < 1.29 is 19.5 Å². The number of likely N-dealkylation sites (tertiary alicyclic amines) is 1. The quantitative estimate of drug-likeness (QED) is 0.408. The molecule has 0 aromatic heterocycles. The maximum atomic E-state index is 14.1. The molecule has 1 aromatic carbocycles. The topological polar surface area (TPSA) is 98.7 Å². The zero-order valence-corrected chi connectivity index (χ0v) is 22.3. The number of rotatable bonds is 9. The molecule has 0 saturated carbocycles. The third-order valence-electron chi connectivity index (χ3n) is 7.18. The molecule has 3 amide bonds. The Morgan fingerprint density at radius 2 is 1.97 bits per heavy atom. The van der Waals surface area contributed by atoms with Crippen LogP contribution in [0.4, 0.5) is 0 Å². The van der Waals surface area contributed by atoms with Crippen LogP contribution in [-0.4, -0.2) is 73.8 Å². The Kier molecular flexibility index (Phi) is 7.64. The number of fused-ring (bicyclic) bond motifs is 1. The van der Waals surface area contributed by atoms with E-state index in [1.165, 1.54) is 0 Å². The molecule has 3 saturated heterocycles. The van der Waals surface area contributed by atoms with Crippen LogP contribution >= 0.6 is 27.7 Å². The molecule has 4 rings (SSSR count). The van der Waals surface area contributed by atoms with Crippen LogP contribution in [-0.2, 0) is 20.8 Å². The molecule has 7 atom stereocenters. The van der Waals surface area contributed by atoms with E-state index in [-0.39, 0.29) is 40.4 Å². The zero-order chi connectivity index (χ0) is 24.6. The van der Waals surface area contributed by atoms with Gasteiger partial charge in [-0.05, 0) is 38.7 Å². The lowest BCUT2D eigenvalue weighted by Crippen LogP contribution is -2.58. The molecule has 3 fully saturated rings. The van der Waals surface area contributed by atoms with Crippen molar-refractivity contribution in [1.29, 1.82) is 0 Å². The summed E-state index contributed by atoms with van der Waals surface area (Å²) in [7, 11) is 0. The molecular formula is C25H34BrN3O4S. The number of nitrogens with zero attached hydrogens (tertiary/aromatic N) is 1. The van der Waals surface area contributed by atoms with Crippen molar-refractivity contribution in [2.75, 3.05) is 13.2 Å². The first-order valence-corrected chi connectivity index (χ1v) is 13.9. The van der Waals surface area contributed by atoms with E-state index in [4.69, 9.17) is 0 Å². The lowest BCUT2D eigenvalue weighted by molar-refractivity contribution is -0.142. The van der Waals surface area contributed by atoms with E-state index in [9.17, 15) is 19.5 Å². The van der Waals surface area contributed by atoms with Gasteiger partial charge in [0.15, 0.2) is 0 Å². The Hall–Kier alpha value is -1.58. The summed E-state index contributed by atoms with van der Waals surface area (Å²) in [4.78, 5) is 42.6. The number of nitrogens with one attached hydrogen (secondary N) is 2. The number of aliphatic hydroxyl groups is 1. The summed E-state index contributed by atoms with van der Waals surface area (Å²) in [6.45, 7) is 6.09. The molecule has 9 heteroatoms. The average molecular weight is 553 g/mol. The smallest absolute Gasteiger partial charge is 0.244 e. The number of aliphatic hydroxyl groups excluding tert-OH is 1. The summed E-state index contributed by atoms with van der Waals surface area (Å²) in [6, 6.07) is 8.31. The molecule has 1 spiro atoms. The molecule has 0 radical (unpaired) electrons. The van der Waals surface area contributed by atoms with Crippen LogP contribution in [0, 0.1) is 11.8 Å². The van der Waals surface area contributed by atoms with Gasteiger partial charge in [0.25, 0.3) is 0 Å². The van der Waals surface area contributed by atoms with Gasteiger partial charge in [-0.2, -0.15) is 0 Å². The largest absolute Gasteiger partial charge is 0.394 e. The summed E-state index contributed by atoms with van der Waals surface area (Å²) >= 11 is 5.39. The number of halogens is 1. The number of carbonyl (C=O) groups excluding carboxylic acids is 3. The van der Waals surface area contributed by atoms with Gasteiger partial charge in [-0.15, -0.1) is 11.8 Å². The Bertz CT molecular complexity index is 932. The number of hydrogen-bond acceptors (Lipinski definition) is 5. The number of hydrogen-bond donors (Lipinski definition) is 3. The Labute approximate surface area is 213 Å². The fraction of sp³-hybridized carbons (Fsp3) is 0.640. The van der Waals surface area contributed by atoms with E-state index in [1.807, 2.05) is 51.1 Å². The van der Waals surface area contributed by atoms with Gasteiger partial charge < -0.3 is 20.6 Å². The van der Waals surface area contributed by atoms with E-state index >= 15 is 0 Å². The number of amides is 3. The first-order valence-electron chi connectivity index (χ1n) is 12.1.